The lowest BCUT2D eigenvalue weighted by atomic mass is 9.89. The molecule has 1 aromatic carbocycles. The van der Waals surface area contributed by atoms with Crippen LogP contribution in [0.25, 0.3) is 0 Å². The van der Waals surface area contributed by atoms with E-state index < -0.39 is 0 Å². The summed E-state index contributed by atoms with van der Waals surface area (Å²) >= 11 is 0. The summed E-state index contributed by atoms with van der Waals surface area (Å²) in [6.45, 7) is 2.96. The van der Waals surface area contributed by atoms with Crippen molar-refractivity contribution < 1.29 is 14.3 Å². The van der Waals surface area contributed by atoms with Gasteiger partial charge < -0.3 is 9.47 Å². The van der Waals surface area contributed by atoms with Crippen LogP contribution in [0.2, 0.25) is 0 Å². The van der Waals surface area contributed by atoms with Crippen LogP contribution in [0.5, 0.6) is 5.75 Å². The molecular weight excluding hydrogens is 300 g/mol. The molecule has 1 aliphatic heterocycles. The fraction of sp³-hybridized carbons (Fsp3) is 0.667. The van der Waals surface area contributed by atoms with Crippen molar-refractivity contribution >= 4 is 5.78 Å². The van der Waals surface area contributed by atoms with Gasteiger partial charge in [0.1, 0.15) is 5.75 Å². The van der Waals surface area contributed by atoms with Gasteiger partial charge in [-0.2, -0.15) is 0 Å². The largest absolute Gasteiger partial charge is 0.497 e. The predicted octanol–water partition coefficient (Wildman–Crippen LogP) is 5.42. The minimum atomic E-state index is 0.0264. The molecular formula is C21H32O3. The molecule has 0 unspecified atom stereocenters. The van der Waals surface area contributed by atoms with E-state index in [1.807, 2.05) is 24.3 Å². The zero-order valence-corrected chi connectivity index (χ0v) is 15.3. The van der Waals surface area contributed by atoms with Crippen molar-refractivity contribution in [3.8, 4) is 5.75 Å². The quantitative estimate of drug-likeness (QED) is 0.401. The van der Waals surface area contributed by atoms with E-state index in [-0.39, 0.29) is 17.8 Å². The SMILES string of the molecule is CCCCCCCCC[C@@H]1OCC[C@H]1C(=O)c1ccc(OC)cc1. The van der Waals surface area contributed by atoms with Crippen LogP contribution < -0.4 is 4.74 Å². The summed E-state index contributed by atoms with van der Waals surface area (Å²) in [5.41, 5.74) is 0.774. The molecule has 2 atom stereocenters. The molecule has 1 aliphatic rings. The molecule has 0 bridgehead atoms. The van der Waals surface area contributed by atoms with Crippen molar-refractivity contribution in [2.75, 3.05) is 13.7 Å². The molecule has 0 saturated carbocycles. The highest BCUT2D eigenvalue weighted by atomic mass is 16.5. The molecule has 0 N–H and O–H groups in total. The topological polar surface area (TPSA) is 35.5 Å². The van der Waals surface area contributed by atoms with Gasteiger partial charge in [-0.05, 0) is 37.1 Å². The van der Waals surface area contributed by atoms with E-state index in [4.69, 9.17) is 9.47 Å². The number of carbonyl (C=O) groups is 1. The fourth-order valence-electron chi connectivity index (χ4n) is 3.50. The summed E-state index contributed by atoms with van der Waals surface area (Å²) in [5, 5.41) is 0. The first-order valence-corrected chi connectivity index (χ1v) is 9.56. The van der Waals surface area contributed by atoms with E-state index in [1.54, 1.807) is 7.11 Å². The number of unbranched alkanes of at least 4 members (excludes halogenated alkanes) is 6. The first-order valence-electron chi connectivity index (χ1n) is 9.56. The monoisotopic (exact) mass is 332 g/mol. The third-order valence-electron chi connectivity index (χ3n) is 5.01. The zero-order valence-electron chi connectivity index (χ0n) is 15.3. The van der Waals surface area contributed by atoms with Crippen LogP contribution in [0.3, 0.4) is 0 Å². The van der Waals surface area contributed by atoms with Crippen LogP contribution in [-0.2, 0) is 4.74 Å². The molecule has 3 nitrogen and oxygen atoms in total. The first kappa shape index (κ1) is 19.0. The number of hydrogen-bond acceptors (Lipinski definition) is 3. The Labute approximate surface area is 146 Å². The van der Waals surface area contributed by atoms with Crippen LogP contribution >= 0.6 is 0 Å². The summed E-state index contributed by atoms with van der Waals surface area (Å²) in [6.07, 6.45) is 11.1. The van der Waals surface area contributed by atoms with Gasteiger partial charge in [-0.3, -0.25) is 4.79 Å². The summed E-state index contributed by atoms with van der Waals surface area (Å²) in [4.78, 5) is 12.7. The predicted molar refractivity (Wildman–Crippen MR) is 97.8 cm³/mol. The van der Waals surface area contributed by atoms with Gasteiger partial charge in [-0.15, -0.1) is 0 Å². The van der Waals surface area contributed by atoms with Crippen molar-refractivity contribution in [3.05, 3.63) is 29.8 Å². The molecule has 1 heterocycles. The highest BCUT2D eigenvalue weighted by Crippen LogP contribution is 2.29. The minimum absolute atomic E-state index is 0.0264. The highest BCUT2D eigenvalue weighted by Gasteiger charge is 2.33. The Kier molecular flexibility index (Phi) is 8.31. The van der Waals surface area contributed by atoms with E-state index in [0.29, 0.717) is 6.61 Å². The number of methoxy groups -OCH3 is 1. The van der Waals surface area contributed by atoms with Crippen LogP contribution in [-0.4, -0.2) is 25.6 Å². The Hall–Kier alpha value is -1.35. The van der Waals surface area contributed by atoms with Crippen molar-refractivity contribution in [3.63, 3.8) is 0 Å². The fourth-order valence-corrected chi connectivity index (χ4v) is 3.50. The molecule has 3 heteroatoms. The average molecular weight is 332 g/mol. The highest BCUT2D eigenvalue weighted by molar-refractivity contribution is 5.98. The molecule has 1 fully saturated rings. The van der Waals surface area contributed by atoms with Gasteiger partial charge in [0, 0.05) is 12.2 Å². The van der Waals surface area contributed by atoms with Gasteiger partial charge in [0.05, 0.1) is 19.1 Å². The summed E-state index contributed by atoms with van der Waals surface area (Å²) in [6, 6.07) is 7.44. The Morgan fingerprint density at radius 1 is 1.08 bits per heavy atom. The molecule has 134 valence electrons. The van der Waals surface area contributed by atoms with Crippen LogP contribution in [0.4, 0.5) is 0 Å². The molecule has 0 spiro atoms. The van der Waals surface area contributed by atoms with Gasteiger partial charge in [0.2, 0.25) is 0 Å². The Bertz CT molecular complexity index is 480. The second kappa shape index (κ2) is 10.5. The summed E-state index contributed by atoms with van der Waals surface area (Å²) in [5.74, 6) is 1.04. The lowest BCUT2D eigenvalue weighted by Gasteiger charge is -2.17. The Morgan fingerprint density at radius 2 is 1.75 bits per heavy atom. The number of rotatable bonds is 11. The summed E-state index contributed by atoms with van der Waals surface area (Å²) < 4.78 is 11.0. The lowest BCUT2D eigenvalue weighted by molar-refractivity contribution is 0.0657. The minimum Gasteiger partial charge on any atom is -0.497 e. The third-order valence-corrected chi connectivity index (χ3v) is 5.01. The van der Waals surface area contributed by atoms with E-state index >= 15 is 0 Å². The number of benzene rings is 1. The number of ether oxygens (including phenoxy) is 2. The van der Waals surface area contributed by atoms with E-state index in [0.717, 1.165) is 24.2 Å². The van der Waals surface area contributed by atoms with E-state index in [9.17, 15) is 4.79 Å². The number of hydrogen-bond donors (Lipinski definition) is 0. The van der Waals surface area contributed by atoms with Gasteiger partial charge in [0.25, 0.3) is 0 Å². The van der Waals surface area contributed by atoms with Crippen LogP contribution in [0, 0.1) is 5.92 Å². The van der Waals surface area contributed by atoms with E-state index in [1.165, 1.54) is 44.9 Å². The average Bonchev–Trinajstić information content (AvgIpc) is 3.09. The van der Waals surface area contributed by atoms with E-state index in [2.05, 4.69) is 6.92 Å². The molecule has 24 heavy (non-hydrogen) atoms. The van der Waals surface area contributed by atoms with Gasteiger partial charge >= 0.3 is 0 Å². The van der Waals surface area contributed by atoms with Gasteiger partial charge in [-0.1, -0.05) is 51.9 Å². The molecule has 0 amide bonds. The number of ketones is 1. The Morgan fingerprint density at radius 3 is 2.42 bits per heavy atom. The molecule has 1 saturated heterocycles. The molecule has 1 aromatic rings. The third kappa shape index (κ3) is 5.62. The van der Waals surface area contributed by atoms with Crippen molar-refractivity contribution in [1.29, 1.82) is 0 Å². The molecule has 2 rings (SSSR count). The smallest absolute Gasteiger partial charge is 0.168 e. The second-order valence-corrected chi connectivity index (χ2v) is 6.81. The maximum atomic E-state index is 12.7. The molecule has 0 aliphatic carbocycles. The number of carbonyl (C=O) groups excluding carboxylic acids is 1. The van der Waals surface area contributed by atoms with Gasteiger partial charge in [-0.25, -0.2) is 0 Å². The van der Waals surface area contributed by atoms with Crippen molar-refractivity contribution in [2.45, 2.75) is 70.8 Å². The zero-order chi connectivity index (χ0) is 17.2. The first-order chi connectivity index (χ1) is 11.8. The maximum Gasteiger partial charge on any atom is 0.168 e. The van der Waals surface area contributed by atoms with Crippen molar-refractivity contribution in [1.82, 2.24) is 0 Å². The second-order valence-electron chi connectivity index (χ2n) is 6.81. The maximum absolute atomic E-state index is 12.7. The summed E-state index contributed by atoms with van der Waals surface area (Å²) in [7, 11) is 1.64. The standard InChI is InChI=1S/C21H32O3/c1-3-4-5-6-7-8-9-10-20-19(15-16-24-20)21(22)17-11-13-18(23-2)14-12-17/h11-14,19-20H,3-10,15-16H2,1-2H3/t19-,20+/m1/s1. The Balaban J connectivity index is 1.76. The van der Waals surface area contributed by atoms with Crippen LogP contribution in [0.15, 0.2) is 24.3 Å². The van der Waals surface area contributed by atoms with Gasteiger partial charge in [0.15, 0.2) is 5.78 Å². The van der Waals surface area contributed by atoms with Crippen molar-refractivity contribution in [2.24, 2.45) is 5.92 Å². The molecule has 0 radical (unpaired) electrons. The normalized spacial score (nSPS) is 20.2. The lowest BCUT2D eigenvalue weighted by Crippen LogP contribution is -2.24. The number of Topliss-reactive ketones (excluding diaryl/α,β-unsaturated/α-hetero) is 1. The molecule has 0 aromatic heterocycles. The van der Waals surface area contributed by atoms with Crippen LogP contribution in [0.1, 0.15) is 75.1 Å².